The Bertz CT molecular complexity index is 1240. The molecule has 1 aromatic carbocycles. The Kier molecular flexibility index (Phi) is 6.43. The molecule has 3 heterocycles. The Hall–Kier alpha value is -3.09. The quantitative estimate of drug-likeness (QED) is 0.399. The maximum atomic E-state index is 14.5. The van der Waals surface area contributed by atoms with Crippen LogP contribution in [0.15, 0.2) is 18.3 Å². The van der Waals surface area contributed by atoms with Gasteiger partial charge in [0.05, 0.1) is 31.6 Å². The van der Waals surface area contributed by atoms with E-state index >= 15 is 0 Å². The summed E-state index contributed by atoms with van der Waals surface area (Å²) in [6, 6.07) is 1.49. The van der Waals surface area contributed by atoms with Gasteiger partial charge in [-0.3, -0.25) is 9.36 Å². The topological polar surface area (TPSA) is 140 Å². The van der Waals surface area contributed by atoms with Crippen molar-refractivity contribution in [2.45, 2.75) is 43.9 Å². The number of primary amides is 1. The third kappa shape index (κ3) is 4.73. The number of fused-ring (bicyclic) bond motifs is 1. The molecule has 0 radical (unpaired) electrons. The lowest BCUT2D eigenvalue weighted by molar-refractivity contribution is -0.122. The standard InChI is InChI=1S/C22H24ClF2N7O3/c23-11-5-13(24)18(14(25)6-11)30-22-29-15-7-27-21(28-16-8-35-9-17(16)33)31-20(15)32(22)12-3-1-10(2-4-12)19(26)34/h5-7,10,12,16-17,33H,1-4,8-9H2,(H2,26,34)(H,29,30)(H,27,28,31)/t10?,12?,16?,17-/m1/s1. The minimum absolute atomic E-state index is 0.0662. The molecule has 3 aromatic rings. The van der Waals surface area contributed by atoms with Gasteiger partial charge in [-0.25, -0.2) is 18.7 Å². The number of hydrogen-bond acceptors (Lipinski definition) is 8. The van der Waals surface area contributed by atoms with Gasteiger partial charge < -0.3 is 26.2 Å². The van der Waals surface area contributed by atoms with Crippen LogP contribution in [0.3, 0.4) is 0 Å². The van der Waals surface area contributed by atoms with Crippen LogP contribution < -0.4 is 16.4 Å². The maximum Gasteiger partial charge on any atom is 0.225 e. The van der Waals surface area contributed by atoms with Gasteiger partial charge in [-0.1, -0.05) is 11.6 Å². The molecule has 1 unspecified atom stereocenters. The number of aromatic nitrogens is 4. The van der Waals surface area contributed by atoms with Crippen molar-refractivity contribution in [3.8, 4) is 0 Å². The van der Waals surface area contributed by atoms with Gasteiger partial charge >= 0.3 is 0 Å². The van der Waals surface area contributed by atoms with Crippen molar-refractivity contribution in [2.75, 3.05) is 23.8 Å². The molecule has 5 N–H and O–H groups in total. The summed E-state index contributed by atoms with van der Waals surface area (Å²) in [7, 11) is 0. The molecule has 186 valence electrons. The minimum Gasteiger partial charge on any atom is -0.388 e. The molecule has 1 saturated heterocycles. The van der Waals surface area contributed by atoms with E-state index in [1.807, 2.05) is 0 Å². The SMILES string of the molecule is NC(=O)C1CCC(n2c(Nc3c(F)cc(Cl)cc3F)nc3cnc(NC4COC[C@H]4O)nc32)CC1. The van der Waals surface area contributed by atoms with E-state index in [0.717, 1.165) is 12.1 Å². The van der Waals surface area contributed by atoms with E-state index in [1.54, 1.807) is 4.57 Å². The lowest BCUT2D eigenvalue weighted by Crippen LogP contribution is -2.32. The number of carbonyl (C=O) groups is 1. The average Bonchev–Trinajstić information content (AvgIpc) is 3.38. The summed E-state index contributed by atoms with van der Waals surface area (Å²) < 4.78 is 36.1. The van der Waals surface area contributed by atoms with Crippen LogP contribution >= 0.6 is 11.6 Å². The zero-order chi connectivity index (χ0) is 24.7. The van der Waals surface area contributed by atoms with Crippen molar-refractivity contribution in [1.82, 2.24) is 19.5 Å². The Morgan fingerprint density at radius 2 is 1.89 bits per heavy atom. The molecule has 1 amide bonds. The van der Waals surface area contributed by atoms with Crippen LogP contribution in [0.5, 0.6) is 0 Å². The van der Waals surface area contributed by atoms with Gasteiger partial charge in [0.15, 0.2) is 17.3 Å². The molecule has 0 spiro atoms. The van der Waals surface area contributed by atoms with E-state index in [0.29, 0.717) is 43.5 Å². The first-order valence-corrected chi connectivity index (χ1v) is 11.7. The van der Waals surface area contributed by atoms with Crippen molar-refractivity contribution >= 4 is 46.3 Å². The molecule has 2 aromatic heterocycles. The van der Waals surface area contributed by atoms with Gasteiger partial charge in [0.25, 0.3) is 0 Å². The summed E-state index contributed by atoms with van der Waals surface area (Å²) in [4.78, 5) is 25.0. The second-order valence-electron chi connectivity index (χ2n) is 8.84. The molecule has 35 heavy (non-hydrogen) atoms. The van der Waals surface area contributed by atoms with Crippen LogP contribution in [0.25, 0.3) is 11.2 Å². The fourth-order valence-corrected chi connectivity index (χ4v) is 4.82. The second-order valence-corrected chi connectivity index (χ2v) is 9.28. The van der Waals surface area contributed by atoms with E-state index in [9.17, 15) is 18.7 Å². The summed E-state index contributed by atoms with van der Waals surface area (Å²) in [6.45, 7) is 0.522. The molecule has 2 atom stereocenters. The minimum atomic E-state index is -0.866. The first-order chi connectivity index (χ1) is 16.8. The molecule has 13 heteroatoms. The monoisotopic (exact) mass is 507 g/mol. The zero-order valence-corrected chi connectivity index (χ0v) is 19.3. The third-order valence-electron chi connectivity index (χ3n) is 6.51. The number of aliphatic hydroxyl groups is 1. The molecule has 10 nitrogen and oxygen atoms in total. The first-order valence-electron chi connectivity index (χ1n) is 11.3. The molecule has 1 saturated carbocycles. The fourth-order valence-electron chi connectivity index (χ4n) is 4.63. The number of hydrogen-bond donors (Lipinski definition) is 4. The number of nitrogens with zero attached hydrogens (tertiary/aromatic N) is 4. The van der Waals surface area contributed by atoms with Gasteiger partial charge in [0.2, 0.25) is 17.8 Å². The van der Waals surface area contributed by atoms with Gasteiger partial charge in [0.1, 0.15) is 11.2 Å². The van der Waals surface area contributed by atoms with Crippen LogP contribution in [0.2, 0.25) is 5.02 Å². The highest BCUT2D eigenvalue weighted by molar-refractivity contribution is 6.30. The summed E-state index contributed by atoms with van der Waals surface area (Å²) in [5.74, 6) is -1.86. The van der Waals surface area contributed by atoms with Gasteiger partial charge in [-0.05, 0) is 37.8 Å². The normalized spacial score (nSPS) is 24.6. The molecule has 2 fully saturated rings. The maximum absolute atomic E-state index is 14.5. The molecule has 0 bridgehead atoms. The van der Waals surface area contributed by atoms with Crippen LogP contribution in [-0.4, -0.2) is 55.9 Å². The number of benzene rings is 1. The van der Waals surface area contributed by atoms with Gasteiger partial charge in [-0.2, -0.15) is 4.98 Å². The highest BCUT2D eigenvalue weighted by atomic mass is 35.5. The van der Waals surface area contributed by atoms with Crippen LogP contribution in [0, 0.1) is 17.6 Å². The van der Waals surface area contributed by atoms with Crippen LogP contribution in [0.1, 0.15) is 31.7 Å². The number of rotatable bonds is 6. The van der Waals surface area contributed by atoms with E-state index in [2.05, 4.69) is 25.6 Å². The number of carbonyl (C=O) groups excluding carboxylic acids is 1. The number of nitrogens with one attached hydrogen (secondary N) is 2. The Morgan fingerprint density at radius 3 is 2.51 bits per heavy atom. The summed E-state index contributed by atoms with van der Waals surface area (Å²) in [5.41, 5.74) is 5.94. The van der Waals surface area contributed by atoms with Crippen molar-refractivity contribution < 1.29 is 23.4 Å². The zero-order valence-electron chi connectivity index (χ0n) is 18.5. The number of imidazole rings is 1. The molecular weight excluding hydrogens is 484 g/mol. The number of aliphatic hydroxyl groups excluding tert-OH is 1. The predicted molar refractivity (Wildman–Crippen MR) is 124 cm³/mol. The van der Waals surface area contributed by atoms with E-state index in [1.165, 1.54) is 6.20 Å². The summed E-state index contributed by atoms with van der Waals surface area (Å²) >= 11 is 5.76. The largest absolute Gasteiger partial charge is 0.388 e. The highest BCUT2D eigenvalue weighted by Gasteiger charge is 2.31. The van der Waals surface area contributed by atoms with Gasteiger partial charge in [0, 0.05) is 17.0 Å². The smallest absolute Gasteiger partial charge is 0.225 e. The first kappa shape index (κ1) is 23.6. The number of halogens is 3. The van der Waals surface area contributed by atoms with Crippen molar-refractivity contribution in [1.29, 1.82) is 0 Å². The number of anilines is 3. The molecule has 1 aliphatic carbocycles. The van der Waals surface area contributed by atoms with Crippen molar-refractivity contribution in [3.05, 3.63) is 35.0 Å². The van der Waals surface area contributed by atoms with E-state index in [-0.39, 0.29) is 47.4 Å². The number of ether oxygens (including phenoxy) is 1. The summed E-state index contributed by atoms with van der Waals surface area (Å²) in [6.07, 6.45) is 3.15. The third-order valence-corrected chi connectivity index (χ3v) is 6.72. The molecule has 5 rings (SSSR count). The molecular formula is C22H24ClF2N7O3. The predicted octanol–water partition coefficient (Wildman–Crippen LogP) is 2.89. The molecule has 1 aliphatic heterocycles. The van der Waals surface area contributed by atoms with E-state index in [4.69, 9.17) is 22.1 Å². The second kappa shape index (κ2) is 9.51. The summed E-state index contributed by atoms with van der Waals surface area (Å²) in [5, 5.41) is 15.8. The molecule has 2 aliphatic rings. The van der Waals surface area contributed by atoms with Crippen LogP contribution in [0.4, 0.5) is 26.4 Å². The number of amides is 1. The van der Waals surface area contributed by atoms with Crippen molar-refractivity contribution in [2.24, 2.45) is 11.7 Å². The van der Waals surface area contributed by atoms with Crippen molar-refractivity contribution in [3.63, 3.8) is 0 Å². The van der Waals surface area contributed by atoms with Gasteiger partial charge in [-0.15, -0.1) is 0 Å². The average molecular weight is 508 g/mol. The highest BCUT2D eigenvalue weighted by Crippen LogP contribution is 2.37. The lowest BCUT2D eigenvalue weighted by atomic mass is 9.85. The van der Waals surface area contributed by atoms with Crippen LogP contribution in [-0.2, 0) is 9.53 Å². The Balaban J connectivity index is 1.54. The fraction of sp³-hybridized carbons (Fsp3) is 0.455. The van der Waals surface area contributed by atoms with E-state index < -0.39 is 23.4 Å². The Labute approximate surface area is 203 Å². The number of nitrogens with two attached hydrogens (primary N) is 1. The Morgan fingerprint density at radius 1 is 1.17 bits per heavy atom. The lowest BCUT2D eigenvalue weighted by Gasteiger charge is -2.29.